The van der Waals surface area contributed by atoms with E-state index in [2.05, 4.69) is 27.3 Å². The first kappa shape index (κ1) is 21.5. The Bertz CT molecular complexity index is 1020. The lowest BCUT2D eigenvalue weighted by molar-refractivity contribution is -0.113. The summed E-state index contributed by atoms with van der Waals surface area (Å²) in [5, 5.41) is 6.44. The van der Waals surface area contributed by atoms with Crippen LogP contribution < -0.4 is 16.0 Å². The predicted octanol–water partition coefficient (Wildman–Crippen LogP) is 2.65. The summed E-state index contributed by atoms with van der Waals surface area (Å²) in [6.07, 6.45) is 2.73. The number of nitrogens with one attached hydrogen (secondary N) is 1. The Morgan fingerprint density at radius 1 is 1.20 bits per heavy atom. The van der Waals surface area contributed by atoms with Gasteiger partial charge in [0.1, 0.15) is 5.03 Å². The highest BCUT2D eigenvalue weighted by atomic mass is 35.5. The number of fused-ring (bicyclic) bond motifs is 1. The minimum Gasteiger partial charge on any atom is -0.324 e. The molecule has 10 heteroatoms. The molecule has 1 N–H and O–H groups in total. The smallest absolute Gasteiger partial charge is 0.324 e. The SMILES string of the molecule is CN1CCN(n2c3c(c(SCC(=O)Nc4cc(Cl)ccc4Cl)nc2=O)CCC3)CC1. The molecule has 0 atom stereocenters. The quantitative estimate of drug-likeness (QED) is 0.538. The first-order chi connectivity index (χ1) is 14.4. The number of carbonyl (C=O) groups excluding carboxylic acids is 1. The van der Waals surface area contributed by atoms with E-state index < -0.39 is 0 Å². The highest BCUT2D eigenvalue weighted by molar-refractivity contribution is 8.00. The van der Waals surface area contributed by atoms with Crippen molar-refractivity contribution in [1.29, 1.82) is 0 Å². The normalized spacial score (nSPS) is 16.6. The van der Waals surface area contributed by atoms with Crippen molar-refractivity contribution in [1.82, 2.24) is 14.6 Å². The fraction of sp³-hybridized carbons (Fsp3) is 0.450. The summed E-state index contributed by atoms with van der Waals surface area (Å²) >= 11 is 13.4. The molecule has 2 heterocycles. The van der Waals surface area contributed by atoms with Crippen LogP contribution in [0.1, 0.15) is 17.7 Å². The standard InChI is InChI=1S/C20H23Cl2N5O2S/c1-25-7-9-26(10-8-25)27-17-4-2-3-14(17)19(24-20(27)29)30-12-18(28)23-16-11-13(21)5-6-15(16)22/h5-6,11H,2-4,7-10,12H2,1H3,(H,23,28). The van der Waals surface area contributed by atoms with E-state index in [4.69, 9.17) is 23.2 Å². The summed E-state index contributed by atoms with van der Waals surface area (Å²) < 4.78 is 1.77. The molecule has 1 amide bonds. The molecule has 1 fully saturated rings. The first-order valence-corrected chi connectivity index (χ1v) is 11.6. The number of halogens is 2. The van der Waals surface area contributed by atoms with E-state index >= 15 is 0 Å². The second kappa shape index (κ2) is 9.18. The van der Waals surface area contributed by atoms with Gasteiger partial charge in [0, 0.05) is 36.8 Å². The average Bonchev–Trinajstić information content (AvgIpc) is 3.19. The number of carbonyl (C=O) groups is 1. The fourth-order valence-corrected chi connectivity index (χ4v) is 5.04. The van der Waals surface area contributed by atoms with Gasteiger partial charge in [-0.15, -0.1) is 0 Å². The van der Waals surface area contributed by atoms with Crippen LogP contribution in [0.3, 0.4) is 0 Å². The molecule has 30 heavy (non-hydrogen) atoms. The molecule has 0 bridgehead atoms. The van der Waals surface area contributed by atoms with E-state index in [1.54, 1.807) is 22.9 Å². The lowest BCUT2D eigenvalue weighted by Crippen LogP contribution is -2.54. The number of benzene rings is 1. The number of nitrogens with zero attached hydrogens (tertiary/aromatic N) is 4. The van der Waals surface area contributed by atoms with Gasteiger partial charge in [-0.25, -0.2) is 9.47 Å². The second-order valence-electron chi connectivity index (χ2n) is 7.51. The zero-order valence-corrected chi connectivity index (χ0v) is 19.0. The molecule has 0 spiro atoms. The van der Waals surface area contributed by atoms with Gasteiger partial charge in [0.15, 0.2) is 0 Å². The Kier molecular flexibility index (Phi) is 6.57. The van der Waals surface area contributed by atoms with Crippen molar-refractivity contribution in [3.63, 3.8) is 0 Å². The largest absolute Gasteiger partial charge is 0.367 e. The highest BCUT2D eigenvalue weighted by Gasteiger charge is 2.26. The lowest BCUT2D eigenvalue weighted by Gasteiger charge is -2.35. The number of anilines is 1. The molecule has 0 radical (unpaired) electrons. The molecule has 2 aromatic rings. The lowest BCUT2D eigenvalue weighted by atomic mass is 10.3. The summed E-state index contributed by atoms with van der Waals surface area (Å²) in [5.74, 6) is -0.0822. The number of piperazine rings is 1. The van der Waals surface area contributed by atoms with Crippen LogP contribution in [-0.2, 0) is 17.6 Å². The van der Waals surface area contributed by atoms with Crippen molar-refractivity contribution in [3.8, 4) is 0 Å². The number of thioether (sulfide) groups is 1. The Hall–Kier alpha value is -1.74. The summed E-state index contributed by atoms with van der Waals surface area (Å²) in [6.45, 7) is 3.45. The zero-order valence-electron chi connectivity index (χ0n) is 16.7. The van der Waals surface area contributed by atoms with E-state index in [1.807, 2.05) is 0 Å². The maximum atomic E-state index is 12.8. The molecule has 1 saturated heterocycles. The monoisotopic (exact) mass is 467 g/mol. The highest BCUT2D eigenvalue weighted by Crippen LogP contribution is 2.30. The number of hydrogen-bond donors (Lipinski definition) is 1. The molecular formula is C20H23Cl2N5O2S. The Morgan fingerprint density at radius 2 is 1.97 bits per heavy atom. The van der Waals surface area contributed by atoms with E-state index in [9.17, 15) is 9.59 Å². The van der Waals surface area contributed by atoms with Gasteiger partial charge in [-0.05, 0) is 44.5 Å². The van der Waals surface area contributed by atoms with Crippen LogP contribution in [0.2, 0.25) is 10.0 Å². The van der Waals surface area contributed by atoms with Crippen LogP contribution in [-0.4, -0.2) is 59.4 Å². The molecular weight excluding hydrogens is 445 g/mol. The van der Waals surface area contributed by atoms with Crippen molar-refractivity contribution in [3.05, 3.63) is 50.0 Å². The predicted molar refractivity (Wildman–Crippen MR) is 122 cm³/mol. The Labute approximate surface area is 189 Å². The molecule has 7 nitrogen and oxygen atoms in total. The topological polar surface area (TPSA) is 70.5 Å². The summed E-state index contributed by atoms with van der Waals surface area (Å²) in [7, 11) is 2.09. The van der Waals surface area contributed by atoms with E-state index in [1.165, 1.54) is 11.8 Å². The van der Waals surface area contributed by atoms with Crippen molar-refractivity contribution in [2.24, 2.45) is 0 Å². The van der Waals surface area contributed by atoms with Gasteiger partial charge in [-0.2, -0.15) is 4.98 Å². The molecule has 160 valence electrons. The first-order valence-electron chi connectivity index (χ1n) is 9.88. The minimum absolute atomic E-state index is 0.139. The molecule has 1 aromatic carbocycles. The molecule has 1 aliphatic heterocycles. The molecule has 1 aromatic heterocycles. The van der Waals surface area contributed by atoms with Crippen molar-refractivity contribution < 1.29 is 4.79 Å². The van der Waals surface area contributed by atoms with Crippen molar-refractivity contribution >= 4 is 46.6 Å². The molecule has 0 unspecified atom stereocenters. The van der Waals surface area contributed by atoms with E-state index in [-0.39, 0.29) is 17.3 Å². The number of aromatic nitrogens is 2. The van der Waals surface area contributed by atoms with Crippen LogP contribution in [0.15, 0.2) is 28.0 Å². The summed E-state index contributed by atoms with van der Waals surface area (Å²) in [6, 6.07) is 4.91. The number of hydrogen-bond acceptors (Lipinski definition) is 6. The zero-order chi connectivity index (χ0) is 21.3. The molecule has 0 saturated carbocycles. The van der Waals surface area contributed by atoms with Crippen LogP contribution in [0.25, 0.3) is 0 Å². The van der Waals surface area contributed by atoms with E-state index in [0.717, 1.165) is 56.7 Å². The fourth-order valence-electron chi connectivity index (χ4n) is 3.83. The van der Waals surface area contributed by atoms with Gasteiger partial charge in [0.25, 0.3) is 0 Å². The molecule has 2 aliphatic rings. The average molecular weight is 468 g/mol. The number of likely N-dealkylation sites (N-methyl/N-ethyl adjacent to an activating group) is 1. The van der Waals surface area contributed by atoms with Crippen LogP contribution in [0, 0.1) is 0 Å². The van der Waals surface area contributed by atoms with Crippen LogP contribution in [0.5, 0.6) is 0 Å². The van der Waals surface area contributed by atoms with Gasteiger partial charge >= 0.3 is 5.69 Å². The maximum absolute atomic E-state index is 12.8. The van der Waals surface area contributed by atoms with Crippen LogP contribution >= 0.6 is 35.0 Å². The van der Waals surface area contributed by atoms with Gasteiger partial charge < -0.3 is 15.2 Å². The molecule has 1 aliphatic carbocycles. The summed E-state index contributed by atoms with van der Waals surface area (Å²) in [5.41, 5.74) is 2.34. The Balaban J connectivity index is 1.49. The number of rotatable bonds is 5. The third-order valence-corrected chi connectivity index (χ3v) is 6.97. The van der Waals surface area contributed by atoms with Gasteiger partial charge in [0.2, 0.25) is 5.91 Å². The third kappa shape index (κ3) is 4.61. The van der Waals surface area contributed by atoms with Gasteiger partial charge in [-0.1, -0.05) is 35.0 Å². The third-order valence-electron chi connectivity index (χ3n) is 5.39. The maximum Gasteiger partial charge on any atom is 0.367 e. The van der Waals surface area contributed by atoms with E-state index in [0.29, 0.717) is 20.8 Å². The minimum atomic E-state index is -0.263. The number of amides is 1. The van der Waals surface area contributed by atoms with Crippen LogP contribution in [0.4, 0.5) is 5.69 Å². The Morgan fingerprint density at radius 3 is 2.73 bits per heavy atom. The van der Waals surface area contributed by atoms with Gasteiger partial charge in [-0.3, -0.25) is 4.79 Å². The summed E-state index contributed by atoms with van der Waals surface area (Å²) in [4.78, 5) is 31.9. The molecule has 4 rings (SSSR count). The second-order valence-corrected chi connectivity index (χ2v) is 9.32. The van der Waals surface area contributed by atoms with Crippen molar-refractivity contribution in [2.75, 3.05) is 49.3 Å². The van der Waals surface area contributed by atoms with Gasteiger partial charge in [0.05, 0.1) is 22.2 Å². The van der Waals surface area contributed by atoms with Crippen molar-refractivity contribution in [2.45, 2.75) is 24.3 Å².